The Balaban J connectivity index is 1.74. The number of guanidine groups is 1. The van der Waals surface area contributed by atoms with Gasteiger partial charge in [0.25, 0.3) is 5.91 Å². The van der Waals surface area contributed by atoms with E-state index in [4.69, 9.17) is 4.74 Å². The zero-order valence-corrected chi connectivity index (χ0v) is 18.6. The van der Waals surface area contributed by atoms with Crippen LogP contribution in [0.3, 0.4) is 0 Å². The van der Waals surface area contributed by atoms with Crippen LogP contribution in [-0.2, 0) is 10.9 Å². The highest BCUT2D eigenvalue weighted by molar-refractivity contribution is 5.94. The largest absolute Gasteiger partial charge is 0.416 e. The van der Waals surface area contributed by atoms with Crippen molar-refractivity contribution in [3.8, 4) is 0 Å². The molecule has 31 heavy (non-hydrogen) atoms. The highest BCUT2D eigenvalue weighted by atomic mass is 19.4. The van der Waals surface area contributed by atoms with Crippen LogP contribution in [0.2, 0.25) is 0 Å². The quantitative estimate of drug-likeness (QED) is 0.359. The number of hydrogen-bond acceptors (Lipinski definition) is 3. The summed E-state index contributed by atoms with van der Waals surface area (Å²) in [6, 6.07) is 4.14. The number of halogens is 3. The van der Waals surface area contributed by atoms with Crippen molar-refractivity contribution in [3.05, 3.63) is 35.4 Å². The van der Waals surface area contributed by atoms with E-state index in [2.05, 4.69) is 41.7 Å². The number of rotatable bonds is 6. The van der Waals surface area contributed by atoms with Crippen LogP contribution in [0.15, 0.2) is 29.3 Å². The zero-order valence-electron chi connectivity index (χ0n) is 18.6. The van der Waals surface area contributed by atoms with Gasteiger partial charge in [0.15, 0.2) is 5.96 Å². The lowest BCUT2D eigenvalue weighted by atomic mass is 9.78. The molecule has 1 amide bonds. The molecular weight excluding hydrogens is 409 g/mol. The first kappa shape index (κ1) is 25.0. The third-order valence-corrected chi connectivity index (χ3v) is 5.23. The molecule has 1 aliphatic heterocycles. The highest BCUT2D eigenvalue weighted by Gasteiger charge is 2.35. The average Bonchev–Trinajstić information content (AvgIpc) is 2.72. The number of alkyl halides is 3. The summed E-state index contributed by atoms with van der Waals surface area (Å²) in [6.45, 7) is 8.81. The highest BCUT2D eigenvalue weighted by Crippen LogP contribution is 2.33. The number of hydrogen-bond donors (Lipinski definition) is 3. The first-order chi connectivity index (χ1) is 14.5. The van der Waals surface area contributed by atoms with Crippen molar-refractivity contribution in [2.45, 2.75) is 45.9 Å². The van der Waals surface area contributed by atoms with Gasteiger partial charge in [0.05, 0.1) is 11.7 Å². The van der Waals surface area contributed by atoms with Gasteiger partial charge in [0.1, 0.15) is 0 Å². The van der Waals surface area contributed by atoms with E-state index in [9.17, 15) is 18.0 Å². The Bertz CT molecular complexity index is 743. The van der Waals surface area contributed by atoms with E-state index in [1.165, 1.54) is 12.1 Å². The minimum absolute atomic E-state index is 0.0618. The van der Waals surface area contributed by atoms with Gasteiger partial charge in [0.2, 0.25) is 0 Å². The molecule has 1 aromatic rings. The Labute approximate surface area is 182 Å². The number of aliphatic imine (C=N–C) groups is 1. The van der Waals surface area contributed by atoms with E-state index in [1.54, 1.807) is 7.05 Å². The van der Waals surface area contributed by atoms with E-state index in [0.29, 0.717) is 25.0 Å². The lowest BCUT2D eigenvalue weighted by molar-refractivity contribution is -0.137. The van der Waals surface area contributed by atoms with Gasteiger partial charge in [-0.3, -0.25) is 9.79 Å². The molecule has 0 aromatic heterocycles. The number of amides is 1. The van der Waals surface area contributed by atoms with Crippen LogP contribution in [0.25, 0.3) is 0 Å². The van der Waals surface area contributed by atoms with Crippen LogP contribution in [0.5, 0.6) is 0 Å². The minimum atomic E-state index is -4.42. The van der Waals surface area contributed by atoms with E-state index >= 15 is 0 Å². The van der Waals surface area contributed by atoms with Crippen LogP contribution in [-0.4, -0.2) is 51.3 Å². The Morgan fingerprint density at radius 1 is 1.10 bits per heavy atom. The van der Waals surface area contributed by atoms with Gasteiger partial charge in [-0.25, -0.2) is 0 Å². The standard InChI is InChI=1S/C22H33F3N4O2/c1-21(2,3)18-16(6-5-13-31-18)14-29-20(26-4)28-12-11-27-19(30)15-7-9-17(10-8-15)22(23,24)25/h7-10,16,18H,5-6,11-14H2,1-4H3,(H,27,30)(H2,26,28,29). The topological polar surface area (TPSA) is 74.8 Å². The molecular formula is C22H33F3N4O2. The molecule has 0 aliphatic carbocycles. The van der Waals surface area contributed by atoms with E-state index < -0.39 is 17.6 Å². The van der Waals surface area contributed by atoms with Crippen molar-refractivity contribution < 1.29 is 22.7 Å². The molecule has 3 N–H and O–H groups in total. The Morgan fingerprint density at radius 2 is 1.74 bits per heavy atom. The van der Waals surface area contributed by atoms with Gasteiger partial charge in [0, 0.05) is 44.8 Å². The summed E-state index contributed by atoms with van der Waals surface area (Å²) < 4.78 is 43.8. The molecule has 2 atom stereocenters. The third kappa shape index (κ3) is 7.72. The predicted molar refractivity (Wildman–Crippen MR) is 115 cm³/mol. The van der Waals surface area contributed by atoms with Crippen molar-refractivity contribution in [1.29, 1.82) is 0 Å². The number of carbonyl (C=O) groups excluding carboxylic acids is 1. The fourth-order valence-electron chi connectivity index (χ4n) is 3.73. The van der Waals surface area contributed by atoms with Gasteiger partial charge >= 0.3 is 6.18 Å². The van der Waals surface area contributed by atoms with Crippen molar-refractivity contribution >= 4 is 11.9 Å². The summed E-state index contributed by atoms with van der Waals surface area (Å²) in [7, 11) is 1.68. The molecule has 174 valence electrons. The Morgan fingerprint density at radius 3 is 2.32 bits per heavy atom. The van der Waals surface area contributed by atoms with Crippen molar-refractivity contribution in [2.24, 2.45) is 16.3 Å². The van der Waals surface area contributed by atoms with Crippen LogP contribution >= 0.6 is 0 Å². The number of nitrogens with zero attached hydrogens (tertiary/aromatic N) is 1. The second-order valence-corrected chi connectivity index (χ2v) is 8.77. The molecule has 1 fully saturated rings. The van der Waals surface area contributed by atoms with E-state index in [0.717, 1.165) is 38.1 Å². The molecule has 1 saturated heterocycles. The van der Waals surface area contributed by atoms with E-state index in [-0.39, 0.29) is 17.1 Å². The average molecular weight is 443 g/mol. The fraction of sp³-hybridized carbons (Fsp3) is 0.636. The van der Waals surface area contributed by atoms with Gasteiger partial charge in [-0.2, -0.15) is 13.2 Å². The van der Waals surface area contributed by atoms with Crippen LogP contribution < -0.4 is 16.0 Å². The third-order valence-electron chi connectivity index (χ3n) is 5.23. The molecule has 1 aliphatic rings. The maximum atomic E-state index is 12.6. The van der Waals surface area contributed by atoms with Gasteiger partial charge < -0.3 is 20.7 Å². The Kier molecular flexibility index (Phi) is 8.73. The summed E-state index contributed by atoms with van der Waals surface area (Å²) in [5.74, 6) is 0.583. The molecule has 0 spiro atoms. The molecule has 9 heteroatoms. The summed E-state index contributed by atoms with van der Waals surface area (Å²) in [4.78, 5) is 16.3. The van der Waals surface area contributed by atoms with Gasteiger partial charge in [-0.15, -0.1) is 0 Å². The zero-order chi connectivity index (χ0) is 23.1. The number of benzene rings is 1. The first-order valence-electron chi connectivity index (χ1n) is 10.5. The molecule has 1 heterocycles. The van der Waals surface area contributed by atoms with Crippen LogP contribution in [0, 0.1) is 11.3 Å². The van der Waals surface area contributed by atoms with Gasteiger partial charge in [-0.1, -0.05) is 20.8 Å². The molecule has 2 unspecified atom stereocenters. The van der Waals surface area contributed by atoms with Gasteiger partial charge in [-0.05, 0) is 42.5 Å². The molecule has 0 radical (unpaired) electrons. The number of ether oxygens (including phenoxy) is 1. The normalized spacial score (nSPS) is 20.3. The summed E-state index contributed by atoms with van der Waals surface area (Å²) in [6.07, 6.45) is -2.11. The monoisotopic (exact) mass is 442 g/mol. The maximum Gasteiger partial charge on any atom is 0.416 e. The minimum Gasteiger partial charge on any atom is -0.377 e. The van der Waals surface area contributed by atoms with Crippen molar-refractivity contribution in [1.82, 2.24) is 16.0 Å². The predicted octanol–water partition coefficient (Wildman–Crippen LogP) is 3.44. The summed E-state index contributed by atoms with van der Waals surface area (Å²) >= 11 is 0. The smallest absolute Gasteiger partial charge is 0.377 e. The summed E-state index contributed by atoms with van der Waals surface area (Å²) in [5.41, 5.74) is -0.537. The number of nitrogens with one attached hydrogen (secondary N) is 3. The second kappa shape index (κ2) is 10.8. The lowest BCUT2D eigenvalue weighted by Crippen LogP contribution is -2.48. The second-order valence-electron chi connectivity index (χ2n) is 8.77. The molecule has 0 bridgehead atoms. The van der Waals surface area contributed by atoms with Crippen molar-refractivity contribution in [3.63, 3.8) is 0 Å². The first-order valence-corrected chi connectivity index (χ1v) is 10.5. The SMILES string of the molecule is CN=C(NCCNC(=O)c1ccc(C(F)(F)F)cc1)NCC1CCCOC1C(C)(C)C. The molecule has 2 rings (SSSR count). The van der Waals surface area contributed by atoms with E-state index in [1.807, 2.05) is 0 Å². The Hall–Kier alpha value is -2.29. The maximum absolute atomic E-state index is 12.6. The number of carbonyl (C=O) groups is 1. The van der Waals surface area contributed by atoms with Crippen molar-refractivity contribution in [2.75, 3.05) is 33.3 Å². The summed E-state index contributed by atoms with van der Waals surface area (Å²) in [5, 5.41) is 9.14. The molecule has 6 nitrogen and oxygen atoms in total. The molecule has 0 saturated carbocycles. The lowest BCUT2D eigenvalue weighted by Gasteiger charge is -2.40. The molecule has 1 aromatic carbocycles. The van der Waals surface area contributed by atoms with Crippen LogP contribution in [0.4, 0.5) is 13.2 Å². The van der Waals surface area contributed by atoms with Crippen LogP contribution in [0.1, 0.15) is 49.5 Å². The fourth-order valence-corrected chi connectivity index (χ4v) is 3.73.